The zero-order valence-electron chi connectivity index (χ0n) is 12.2. The average Bonchev–Trinajstić information content (AvgIpc) is 2.54. The second-order valence-electron chi connectivity index (χ2n) is 4.86. The molecule has 0 saturated heterocycles. The van der Waals surface area contributed by atoms with E-state index in [1.165, 1.54) is 30.3 Å². The number of carbonyl (C=O) groups excluding carboxylic acids is 1. The van der Waals surface area contributed by atoms with E-state index in [-0.39, 0.29) is 11.4 Å². The van der Waals surface area contributed by atoms with Gasteiger partial charge in [0.1, 0.15) is 17.5 Å². The largest absolute Gasteiger partial charge is 0.351 e. The third-order valence-corrected chi connectivity index (χ3v) is 3.37. The fourth-order valence-corrected chi connectivity index (χ4v) is 2.20. The van der Waals surface area contributed by atoms with E-state index in [2.05, 4.69) is 5.32 Å². The molecule has 0 spiro atoms. The lowest BCUT2D eigenvalue weighted by molar-refractivity contribution is -0.117. The fourth-order valence-electron chi connectivity index (χ4n) is 1.98. The Bertz CT molecular complexity index is 763. The molecule has 2 aromatic carbocycles. The summed E-state index contributed by atoms with van der Waals surface area (Å²) in [6.07, 6.45) is 2.04. The number of benzene rings is 2. The first-order chi connectivity index (χ1) is 11.1. The predicted molar refractivity (Wildman–Crippen MR) is 88.2 cm³/mol. The first-order valence-corrected chi connectivity index (χ1v) is 7.36. The lowest BCUT2D eigenvalue weighted by atomic mass is 10.1. The number of nitriles is 1. The van der Waals surface area contributed by atoms with Crippen molar-refractivity contribution in [1.82, 2.24) is 5.32 Å². The Labute approximate surface area is 139 Å². The zero-order chi connectivity index (χ0) is 16.7. The Balaban J connectivity index is 1.95. The lowest BCUT2D eigenvalue weighted by Gasteiger charge is -2.05. The van der Waals surface area contributed by atoms with Crippen LogP contribution in [0.15, 0.2) is 54.1 Å². The molecule has 2 aromatic rings. The SMILES string of the molecule is N#C/C(=C\c1ccc(F)cc1)C(=O)NCCc1cccc(Cl)c1. The number of rotatable bonds is 5. The van der Waals surface area contributed by atoms with Crippen LogP contribution in [0.5, 0.6) is 0 Å². The van der Waals surface area contributed by atoms with E-state index < -0.39 is 5.91 Å². The number of nitrogens with one attached hydrogen (secondary N) is 1. The van der Waals surface area contributed by atoms with Crippen LogP contribution in [-0.2, 0) is 11.2 Å². The summed E-state index contributed by atoms with van der Waals surface area (Å²) in [5.74, 6) is -0.828. The molecular weight excluding hydrogens is 315 g/mol. The normalized spacial score (nSPS) is 10.9. The third-order valence-electron chi connectivity index (χ3n) is 3.13. The van der Waals surface area contributed by atoms with Crippen molar-refractivity contribution in [2.75, 3.05) is 6.54 Å². The van der Waals surface area contributed by atoms with Crippen LogP contribution in [0, 0.1) is 17.1 Å². The zero-order valence-corrected chi connectivity index (χ0v) is 13.0. The average molecular weight is 329 g/mol. The molecule has 1 N–H and O–H groups in total. The van der Waals surface area contributed by atoms with E-state index in [9.17, 15) is 9.18 Å². The van der Waals surface area contributed by atoms with E-state index in [1.54, 1.807) is 6.07 Å². The number of amides is 1. The maximum Gasteiger partial charge on any atom is 0.261 e. The van der Waals surface area contributed by atoms with Gasteiger partial charge in [0.15, 0.2) is 0 Å². The van der Waals surface area contributed by atoms with Gasteiger partial charge < -0.3 is 5.32 Å². The van der Waals surface area contributed by atoms with Crippen LogP contribution >= 0.6 is 11.6 Å². The van der Waals surface area contributed by atoms with Gasteiger partial charge in [-0.15, -0.1) is 0 Å². The molecule has 0 aromatic heterocycles. The smallest absolute Gasteiger partial charge is 0.261 e. The van der Waals surface area contributed by atoms with Crippen molar-refractivity contribution in [3.8, 4) is 6.07 Å². The van der Waals surface area contributed by atoms with Gasteiger partial charge in [-0.05, 0) is 47.9 Å². The van der Waals surface area contributed by atoms with Crippen LogP contribution in [0.3, 0.4) is 0 Å². The van der Waals surface area contributed by atoms with E-state index in [4.69, 9.17) is 16.9 Å². The van der Waals surface area contributed by atoms with Gasteiger partial charge in [-0.2, -0.15) is 5.26 Å². The molecule has 0 aliphatic carbocycles. The van der Waals surface area contributed by atoms with Crippen molar-refractivity contribution < 1.29 is 9.18 Å². The molecule has 0 aliphatic heterocycles. The van der Waals surface area contributed by atoms with Crippen LogP contribution < -0.4 is 5.32 Å². The van der Waals surface area contributed by atoms with Crippen molar-refractivity contribution in [2.45, 2.75) is 6.42 Å². The molecule has 0 saturated carbocycles. The van der Waals surface area contributed by atoms with Gasteiger partial charge in [0, 0.05) is 11.6 Å². The second kappa shape index (κ2) is 8.11. The van der Waals surface area contributed by atoms with Crippen molar-refractivity contribution in [1.29, 1.82) is 5.26 Å². The summed E-state index contributed by atoms with van der Waals surface area (Å²) < 4.78 is 12.8. The number of halogens is 2. The molecular formula is C18H14ClFN2O. The Morgan fingerprint density at radius 3 is 2.65 bits per heavy atom. The van der Waals surface area contributed by atoms with Gasteiger partial charge in [0.25, 0.3) is 5.91 Å². The van der Waals surface area contributed by atoms with Crippen LogP contribution in [0.4, 0.5) is 4.39 Å². The number of hydrogen-bond donors (Lipinski definition) is 1. The minimum Gasteiger partial charge on any atom is -0.351 e. The van der Waals surface area contributed by atoms with Gasteiger partial charge in [-0.3, -0.25) is 4.79 Å². The predicted octanol–water partition coefficient (Wildman–Crippen LogP) is 3.74. The molecule has 0 bridgehead atoms. The number of carbonyl (C=O) groups is 1. The summed E-state index contributed by atoms with van der Waals surface area (Å²) >= 11 is 5.89. The molecule has 3 nitrogen and oxygen atoms in total. The molecule has 0 heterocycles. The molecule has 1 amide bonds. The third kappa shape index (κ3) is 5.24. The van der Waals surface area contributed by atoms with Crippen molar-refractivity contribution in [3.05, 3.63) is 76.1 Å². The summed E-state index contributed by atoms with van der Waals surface area (Å²) in [6, 6.07) is 14.8. The summed E-state index contributed by atoms with van der Waals surface area (Å²) in [5, 5.41) is 12.4. The lowest BCUT2D eigenvalue weighted by Crippen LogP contribution is -2.26. The first-order valence-electron chi connectivity index (χ1n) is 6.98. The van der Waals surface area contributed by atoms with Gasteiger partial charge in [0.05, 0.1) is 0 Å². The maximum absolute atomic E-state index is 12.8. The molecule has 0 radical (unpaired) electrons. The molecule has 0 fully saturated rings. The number of hydrogen-bond acceptors (Lipinski definition) is 2. The van der Waals surface area contributed by atoms with Crippen molar-refractivity contribution in [3.63, 3.8) is 0 Å². The van der Waals surface area contributed by atoms with Crippen LogP contribution in [0.1, 0.15) is 11.1 Å². The standard InChI is InChI=1S/C18H14ClFN2O/c19-16-3-1-2-13(11-16)8-9-22-18(23)15(12-21)10-14-4-6-17(20)7-5-14/h1-7,10-11H,8-9H2,(H,22,23)/b15-10+. The van der Waals surface area contributed by atoms with Gasteiger partial charge in [0.2, 0.25) is 0 Å². The molecule has 5 heteroatoms. The van der Waals surface area contributed by atoms with E-state index in [1.807, 2.05) is 24.3 Å². The molecule has 2 rings (SSSR count). The number of nitrogens with zero attached hydrogens (tertiary/aromatic N) is 1. The van der Waals surface area contributed by atoms with Crippen LogP contribution in [-0.4, -0.2) is 12.5 Å². The van der Waals surface area contributed by atoms with E-state index >= 15 is 0 Å². The Hall–Kier alpha value is -2.64. The molecule has 0 aliphatic rings. The van der Waals surface area contributed by atoms with E-state index in [0.29, 0.717) is 23.6 Å². The Morgan fingerprint density at radius 2 is 2.00 bits per heavy atom. The second-order valence-corrected chi connectivity index (χ2v) is 5.29. The highest BCUT2D eigenvalue weighted by atomic mass is 35.5. The highest BCUT2D eigenvalue weighted by Crippen LogP contribution is 2.11. The highest BCUT2D eigenvalue weighted by molar-refractivity contribution is 6.30. The van der Waals surface area contributed by atoms with Crippen LogP contribution in [0.2, 0.25) is 5.02 Å². The Kier molecular flexibility index (Phi) is 5.90. The monoisotopic (exact) mass is 328 g/mol. The summed E-state index contributed by atoms with van der Waals surface area (Å²) in [4.78, 5) is 12.0. The van der Waals surface area contributed by atoms with Crippen molar-refractivity contribution >= 4 is 23.6 Å². The summed E-state index contributed by atoms with van der Waals surface area (Å²) in [5.41, 5.74) is 1.56. The van der Waals surface area contributed by atoms with Gasteiger partial charge >= 0.3 is 0 Å². The van der Waals surface area contributed by atoms with E-state index in [0.717, 1.165) is 5.56 Å². The van der Waals surface area contributed by atoms with Gasteiger partial charge in [-0.25, -0.2) is 4.39 Å². The quantitative estimate of drug-likeness (QED) is 0.671. The summed E-state index contributed by atoms with van der Waals surface area (Å²) in [6.45, 7) is 0.390. The molecule has 23 heavy (non-hydrogen) atoms. The van der Waals surface area contributed by atoms with Crippen molar-refractivity contribution in [2.24, 2.45) is 0 Å². The van der Waals surface area contributed by atoms with Crippen LogP contribution in [0.25, 0.3) is 6.08 Å². The molecule has 0 unspecified atom stereocenters. The highest BCUT2D eigenvalue weighted by Gasteiger charge is 2.08. The maximum atomic E-state index is 12.8. The summed E-state index contributed by atoms with van der Waals surface area (Å²) in [7, 11) is 0. The minimum atomic E-state index is -0.459. The Morgan fingerprint density at radius 1 is 1.26 bits per heavy atom. The molecule has 116 valence electrons. The molecule has 0 atom stereocenters. The van der Waals surface area contributed by atoms with Gasteiger partial charge in [-0.1, -0.05) is 35.9 Å². The topological polar surface area (TPSA) is 52.9 Å². The fraction of sp³-hybridized carbons (Fsp3) is 0.111. The minimum absolute atomic E-state index is 0.0253. The first kappa shape index (κ1) is 16.7.